The van der Waals surface area contributed by atoms with Crippen molar-refractivity contribution in [1.29, 1.82) is 0 Å². The highest BCUT2D eigenvalue weighted by molar-refractivity contribution is 7.07. The number of benzene rings is 2. The Kier molecular flexibility index (Phi) is 7.93. The van der Waals surface area contributed by atoms with Crippen molar-refractivity contribution in [2.45, 2.75) is 45.1 Å². The van der Waals surface area contributed by atoms with Crippen molar-refractivity contribution in [2.24, 2.45) is 10.1 Å². The fraction of sp³-hybridized carbons (Fsp3) is 0.345. The summed E-state index contributed by atoms with van der Waals surface area (Å²) in [6.07, 6.45) is 11.5. The molecule has 1 fully saturated rings. The molecule has 0 unspecified atom stereocenters. The molecule has 5 rings (SSSR count). The van der Waals surface area contributed by atoms with Gasteiger partial charge in [0.2, 0.25) is 10.6 Å². The van der Waals surface area contributed by atoms with Crippen molar-refractivity contribution in [3.8, 4) is 34.2 Å². The molecule has 198 valence electrons. The van der Waals surface area contributed by atoms with Gasteiger partial charge in [0, 0.05) is 29.0 Å². The normalized spacial score (nSPS) is 15.1. The molecule has 1 saturated carbocycles. The zero-order valence-electron chi connectivity index (χ0n) is 22.3. The van der Waals surface area contributed by atoms with E-state index in [1.807, 2.05) is 34.5 Å². The molecular weight excluding hydrogens is 498 g/mol. The van der Waals surface area contributed by atoms with Crippen molar-refractivity contribution in [1.82, 2.24) is 14.2 Å². The van der Waals surface area contributed by atoms with Gasteiger partial charge in [-0.15, -0.1) is 11.3 Å². The van der Waals surface area contributed by atoms with Crippen LogP contribution in [0.2, 0.25) is 0 Å². The number of ether oxygens (including phenoxy) is 3. The third kappa shape index (κ3) is 5.38. The largest absolute Gasteiger partial charge is 0.493 e. The second-order valence-electron chi connectivity index (χ2n) is 9.25. The molecule has 2 aromatic carbocycles. The maximum atomic E-state index is 5.62. The van der Waals surface area contributed by atoms with Crippen LogP contribution in [0.15, 0.2) is 70.6 Å². The van der Waals surface area contributed by atoms with Crippen LogP contribution in [0.4, 0.5) is 0 Å². The molecular formula is C29H33N5O3S. The van der Waals surface area contributed by atoms with Crippen molar-refractivity contribution in [2.75, 3.05) is 21.3 Å². The molecule has 9 heteroatoms. The fourth-order valence-electron chi connectivity index (χ4n) is 4.77. The fourth-order valence-corrected chi connectivity index (χ4v) is 5.68. The average molecular weight is 532 g/mol. The Bertz CT molecular complexity index is 1440. The zero-order chi connectivity index (χ0) is 26.5. The molecule has 0 aliphatic heterocycles. The van der Waals surface area contributed by atoms with Gasteiger partial charge in [-0.1, -0.05) is 31.4 Å². The van der Waals surface area contributed by atoms with Gasteiger partial charge in [-0.25, -0.2) is 9.66 Å². The van der Waals surface area contributed by atoms with Gasteiger partial charge in [-0.05, 0) is 49.6 Å². The van der Waals surface area contributed by atoms with Gasteiger partial charge in [0.05, 0.1) is 45.1 Å². The molecule has 0 radical (unpaired) electrons. The number of methoxy groups -OCH3 is 3. The molecule has 38 heavy (non-hydrogen) atoms. The summed E-state index contributed by atoms with van der Waals surface area (Å²) in [6, 6.07) is 12.5. The molecule has 2 heterocycles. The summed E-state index contributed by atoms with van der Waals surface area (Å²) in [5.41, 5.74) is 4.80. The zero-order valence-corrected chi connectivity index (χ0v) is 23.1. The summed E-state index contributed by atoms with van der Waals surface area (Å²) in [6.45, 7) is 2.03. The lowest BCUT2D eigenvalue weighted by Gasteiger charge is -2.17. The van der Waals surface area contributed by atoms with Gasteiger partial charge in [0.25, 0.3) is 0 Å². The smallest absolute Gasteiger partial charge is 0.206 e. The van der Waals surface area contributed by atoms with Gasteiger partial charge < -0.3 is 18.8 Å². The minimum Gasteiger partial charge on any atom is -0.493 e. The molecule has 1 aliphatic carbocycles. The molecule has 1 aliphatic rings. The number of nitrogens with zero attached hydrogens (tertiary/aromatic N) is 5. The Morgan fingerprint density at radius 2 is 1.68 bits per heavy atom. The second-order valence-corrected chi connectivity index (χ2v) is 10.1. The number of aromatic nitrogens is 3. The van der Waals surface area contributed by atoms with Gasteiger partial charge in [0.15, 0.2) is 11.5 Å². The number of imidazole rings is 1. The van der Waals surface area contributed by atoms with Gasteiger partial charge in [0.1, 0.15) is 0 Å². The molecule has 0 amide bonds. The second kappa shape index (κ2) is 11.7. The lowest BCUT2D eigenvalue weighted by molar-refractivity contribution is 0.324. The predicted molar refractivity (Wildman–Crippen MR) is 151 cm³/mol. The van der Waals surface area contributed by atoms with Crippen LogP contribution in [0.1, 0.15) is 44.6 Å². The number of rotatable bonds is 8. The van der Waals surface area contributed by atoms with Crippen molar-refractivity contribution in [3.05, 3.63) is 70.9 Å². The van der Waals surface area contributed by atoms with Crippen LogP contribution in [-0.2, 0) is 0 Å². The number of hydrogen-bond donors (Lipinski definition) is 0. The van der Waals surface area contributed by atoms with E-state index < -0.39 is 0 Å². The molecule has 8 nitrogen and oxygen atoms in total. The minimum absolute atomic E-state index is 0.325. The van der Waals surface area contributed by atoms with Crippen LogP contribution in [0.3, 0.4) is 0 Å². The molecule has 0 saturated heterocycles. The predicted octanol–water partition coefficient (Wildman–Crippen LogP) is 5.93. The SMILES string of the molecule is COc1cc(-c2csc(=NC3CCCCC3)n2N=C(C)c2ccc(-n3ccnc3)cc2)cc(OC)c1OC. The van der Waals surface area contributed by atoms with Crippen LogP contribution in [0.5, 0.6) is 17.2 Å². The summed E-state index contributed by atoms with van der Waals surface area (Å²) in [7, 11) is 4.86. The average Bonchev–Trinajstić information content (AvgIpc) is 3.64. The lowest BCUT2D eigenvalue weighted by atomic mass is 9.96. The van der Waals surface area contributed by atoms with Crippen LogP contribution >= 0.6 is 11.3 Å². The minimum atomic E-state index is 0.325. The van der Waals surface area contributed by atoms with Crippen LogP contribution in [-0.4, -0.2) is 47.3 Å². The Morgan fingerprint density at radius 1 is 0.974 bits per heavy atom. The topological polar surface area (TPSA) is 75.2 Å². The van der Waals surface area contributed by atoms with E-state index in [9.17, 15) is 0 Å². The molecule has 0 bridgehead atoms. The highest BCUT2D eigenvalue weighted by atomic mass is 32.1. The van der Waals surface area contributed by atoms with Gasteiger partial charge >= 0.3 is 0 Å². The monoisotopic (exact) mass is 531 g/mol. The third-order valence-corrected chi connectivity index (χ3v) is 7.68. The van der Waals surface area contributed by atoms with E-state index in [0.717, 1.165) is 45.9 Å². The summed E-state index contributed by atoms with van der Waals surface area (Å²) < 4.78 is 20.7. The highest BCUT2D eigenvalue weighted by Crippen LogP contribution is 2.41. The van der Waals surface area contributed by atoms with Crippen LogP contribution in [0.25, 0.3) is 16.9 Å². The van der Waals surface area contributed by atoms with E-state index in [2.05, 4.69) is 34.6 Å². The standard InChI is InChI=1S/C29H33N5O3S/c1-20(21-10-12-24(13-11-21)33-15-14-30-19-33)32-34-25(18-38-29(34)31-23-8-6-5-7-9-23)22-16-26(35-2)28(37-4)27(17-22)36-3/h10-19,23H,5-9H2,1-4H3. The first-order valence-corrected chi connectivity index (χ1v) is 13.7. The Labute approximate surface area is 226 Å². The Hall–Kier alpha value is -3.85. The highest BCUT2D eigenvalue weighted by Gasteiger charge is 2.18. The Balaban J connectivity index is 1.60. The molecule has 0 spiro atoms. The molecule has 0 N–H and O–H groups in total. The van der Waals surface area contributed by atoms with E-state index in [0.29, 0.717) is 23.3 Å². The summed E-state index contributed by atoms with van der Waals surface area (Å²) in [5, 5.41) is 7.19. The van der Waals surface area contributed by atoms with E-state index in [1.165, 1.54) is 19.3 Å². The number of hydrogen-bond acceptors (Lipinski definition) is 7. The summed E-state index contributed by atoms with van der Waals surface area (Å²) in [4.78, 5) is 10.2. The molecule has 4 aromatic rings. The maximum Gasteiger partial charge on any atom is 0.206 e. The quantitative estimate of drug-likeness (QED) is 0.264. The molecule has 0 atom stereocenters. The lowest BCUT2D eigenvalue weighted by Crippen LogP contribution is -2.19. The summed E-state index contributed by atoms with van der Waals surface area (Å²) >= 11 is 1.61. The Morgan fingerprint density at radius 3 is 2.29 bits per heavy atom. The first-order valence-electron chi connectivity index (χ1n) is 12.8. The van der Waals surface area contributed by atoms with Gasteiger partial charge in [-0.3, -0.25) is 4.99 Å². The maximum absolute atomic E-state index is 5.62. The van der Waals surface area contributed by atoms with E-state index in [4.69, 9.17) is 24.3 Å². The van der Waals surface area contributed by atoms with E-state index >= 15 is 0 Å². The van der Waals surface area contributed by atoms with Gasteiger partial charge in [-0.2, -0.15) is 5.10 Å². The van der Waals surface area contributed by atoms with Crippen molar-refractivity contribution in [3.63, 3.8) is 0 Å². The first-order chi connectivity index (χ1) is 18.6. The van der Waals surface area contributed by atoms with E-state index in [-0.39, 0.29) is 0 Å². The third-order valence-electron chi connectivity index (χ3n) is 6.85. The summed E-state index contributed by atoms with van der Waals surface area (Å²) in [5.74, 6) is 1.76. The van der Waals surface area contributed by atoms with Crippen molar-refractivity contribution < 1.29 is 14.2 Å². The molecule has 2 aromatic heterocycles. The van der Waals surface area contributed by atoms with E-state index in [1.54, 1.807) is 45.2 Å². The van der Waals surface area contributed by atoms with Crippen LogP contribution < -0.4 is 19.0 Å². The first kappa shape index (κ1) is 25.8. The van der Waals surface area contributed by atoms with Crippen LogP contribution in [0, 0.1) is 0 Å². The van der Waals surface area contributed by atoms with Crippen molar-refractivity contribution >= 4 is 17.0 Å². The number of thiazole rings is 1.